The number of nitrogens with one attached hydrogen (secondary N) is 1. The largest absolute Gasteiger partial charge is 0.383 e. The molecule has 0 amide bonds. The zero-order valence-electron chi connectivity index (χ0n) is 14.2. The zero-order valence-corrected chi connectivity index (χ0v) is 15.0. The molecular formula is C17H30N2OS. The molecule has 1 fully saturated rings. The summed E-state index contributed by atoms with van der Waals surface area (Å²) in [7, 11) is 1.76. The molecule has 1 aliphatic rings. The molecule has 0 aromatic carbocycles. The number of nitrogens with zero attached hydrogens (tertiary/aromatic N) is 1. The van der Waals surface area contributed by atoms with E-state index in [2.05, 4.69) is 38.4 Å². The molecule has 0 spiro atoms. The van der Waals surface area contributed by atoms with Gasteiger partial charge < -0.3 is 10.1 Å². The maximum atomic E-state index is 5.25. The van der Waals surface area contributed by atoms with Gasteiger partial charge in [0.15, 0.2) is 0 Å². The summed E-state index contributed by atoms with van der Waals surface area (Å²) in [5.74, 6) is 0.498. The molecule has 2 rings (SSSR count). The summed E-state index contributed by atoms with van der Waals surface area (Å²) < 4.78 is 5.25. The average molecular weight is 311 g/mol. The van der Waals surface area contributed by atoms with Gasteiger partial charge in [0, 0.05) is 19.0 Å². The van der Waals surface area contributed by atoms with Gasteiger partial charge >= 0.3 is 0 Å². The Kier molecular flexibility index (Phi) is 5.44. The van der Waals surface area contributed by atoms with Crippen LogP contribution in [0, 0.1) is 5.41 Å². The molecule has 21 heavy (non-hydrogen) atoms. The minimum Gasteiger partial charge on any atom is -0.383 e. The third-order valence-electron chi connectivity index (χ3n) is 4.97. The van der Waals surface area contributed by atoms with E-state index in [1.807, 2.05) is 11.3 Å². The molecule has 4 heteroatoms. The Hall–Kier alpha value is -0.450. The van der Waals surface area contributed by atoms with Gasteiger partial charge in [-0.05, 0) is 24.2 Å². The second kappa shape index (κ2) is 6.76. The van der Waals surface area contributed by atoms with E-state index in [0.717, 1.165) is 13.2 Å². The summed E-state index contributed by atoms with van der Waals surface area (Å²) in [5, 5.41) is 7.33. The van der Waals surface area contributed by atoms with Crippen molar-refractivity contribution in [2.45, 2.75) is 64.8 Å². The summed E-state index contributed by atoms with van der Waals surface area (Å²) in [4.78, 5) is 5.00. The van der Waals surface area contributed by atoms with Gasteiger partial charge in [0.25, 0.3) is 0 Å². The molecule has 1 aliphatic carbocycles. The van der Waals surface area contributed by atoms with Gasteiger partial charge in [-0.25, -0.2) is 4.98 Å². The lowest BCUT2D eigenvalue weighted by molar-refractivity contribution is 0.0511. The number of methoxy groups -OCH3 is 1. The van der Waals surface area contributed by atoms with Gasteiger partial charge in [0.05, 0.1) is 17.8 Å². The van der Waals surface area contributed by atoms with Crippen LogP contribution in [0.4, 0.5) is 0 Å². The van der Waals surface area contributed by atoms with Crippen molar-refractivity contribution in [2.75, 3.05) is 20.3 Å². The van der Waals surface area contributed by atoms with E-state index in [1.165, 1.54) is 36.4 Å². The molecule has 120 valence electrons. The second-order valence-electron chi connectivity index (χ2n) is 7.15. The molecular weight excluding hydrogens is 280 g/mol. The van der Waals surface area contributed by atoms with Crippen LogP contribution in [0.1, 0.15) is 70.0 Å². The van der Waals surface area contributed by atoms with Crippen LogP contribution in [0.5, 0.6) is 0 Å². The molecule has 1 unspecified atom stereocenters. The van der Waals surface area contributed by atoms with E-state index >= 15 is 0 Å². The van der Waals surface area contributed by atoms with Crippen molar-refractivity contribution >= 4 is 11.3 Å². The van der Waals surface area contributed by atoms with Crippen molar-refractivity contribution in [2.24, 2.45) is 5.41 Å². The number of thiazole rings is 1. The Bertz CT molecular complexity index is 455. The van der Waals surface area contributed by atoms with E-state index in [9.17, 15) is 0 Å². The quantitative estimate of drug-likeness (QED) is 0.796. The molecule has 1 heterocycles. The van der Waals surface area contributed by atoms with Crippen LogP contribution >= 0.6 is 11.3 Å². The van der Waals surface area contributed by atoms with Crippen LogP contribution in [0.25, 0.3) is 0 Å². The Morgan fingerprint density at radius 3 is 2.62 bits per heavy atom. The molecule has 0 saturated heterocycles. The number of hydrogen-bond donors (Lipinski definition) is 1. The Balaban J connectivity index is 2.34. The van der Waals surface area contributed by atoms with Crippen molar-refractivity contribution in [3.8, 4) is 0 Å². The first kappa shape index (κ1) is 16.9. The predicted octanol–water partition coefficient (Wildman–Crippen LogP) is 4.30. The molecule has 1 N–H and O–H groups in total. The summed E-state index contributed by atoms with van der Waals surface area (Å²) in [6, 6.07) is 0. The molecule has 0 radical (unpaired) electrons. The monoisotopic (exact) mass is 310 g/mol. The Labute approximate surface area is 133 Å². The SMILES string of the molecule is COCCNC1(c2nc(C(C)C)cs2)CCCCC1(C)C. The zero-order chi connectivity index (χ0) is 15.5. The molecule has 1 saturated carbocycles. The highest BCUT2D eigenvalue weighted by Crippen LogP contribution is 2.51. The highest BCUT2D eigenvalue weighted by atomic mass is 32.1. The van der Waals surface area contributed by atoms with E-state index in [1.54, 1.807) is 7.11 Å². The Morgan fingerprint density at radius 1 is 1.33 bits per heavy atom. The van der Waals surface area contributed by atoms with Crippen molar-refractivity contribution in [3.63, 3.8) is 0 Å². The molecule has 1 atom stereocenters. The third-order valence-corrected chi connectivity index (χ3v) is 5.99. The van der Waals surface area contributed by atoms with Gasteiger partial charge in [-0.1, -0.05) is 40.5 Å². The number of hydrogen-bond acceptors (Lipinski definition) is 4. The fourth-order valence-corrected chi connectivity index (χ4v) is 4.79. The van der Waals surface area contributed by atoms with Crippen LogP contribution in [-0.2, 0) is 10.3 Å². The fourth-order valence-electron chi connectivity index (χ4n) is 3.42. The molecule has 1 aromatic heterocycles. The molecule has 3 nitrogen and oxygen atoms in total. The summed E-state index contributed by atoms with van der Waals surface area (Å²) >= 11 is 1.83. The fraction of sp³-hybridized carbons (Fsp3) is 0.824. The lowest BCUT2D eigenvalue weighted by Gasteiger charge is -2.49. The molecule has 0 aliphatic heterocycles. The van der Waals surface area contributed by atoms with Crippen LogP contribution < -0.4 is 5.32 Å². The summed E-state index contributed by atoms with van der Waals surface area (Å²) in [6.07, 6.45) is 5.03. The van der Waals surface area contributed by atoms with E-state index in [-0.39, 0.29) is 11.0 Å². The van der Waals surface area contributed by atoms with Crippen molar-refractivity contribution < 1.29 is 4.74 Å². The van der Waals surface area contributed by atoms with Gasteiger partial charge in [0.2, 0.25) is 0 Å². The first-order chi connectivity index (χ1) is 9.93. The minimum absolute atomic E-state index is 0.00157. The lowest BCUT2D eigenvalue weighted by Crippen LogP contribution is -2.55. The summed E-state index contributed by atoms with van der Waals surface area (Å²) in [6.45, 7) is 10.9. The van der Waals surface area contributed by atoms with Gasteiger partial charge in [-0.3, -0.25) is 0 Å². The van der Waals surface area contributed by atoms with Crippen LogP contribution in [-0.4, -0.2) is 25.2 Å². The number of rotatable bonds is 6. The maximum absolute atomic E-state index is 5.25. The van der Waals surface area contributed by atoms with E-state index in [0.29, 0.717) is 5.92 Å². The van der Waals surface area contributed by atoms with Crippen molar-refractivity contribution in [1.82, 2.24) is 10.3 Å². The lowest BCUT2D eigenvalue weighted by atomic mass is 9.63. The topological polar surface area (TPSA) is 34.1 Å². The highest BCUT2D eigenvalue weighted by molar-refractivity contribution is 7.09. The first-order valence-electron chi connectivity index (χ1n) is 8.13. The number of ether oxygens (including phenoxy) is 1. The second-order valence-corrected chi connectivity index (χ2v) is 8.01. The van der Waals surface area contributed by atoms with E-state index in [4.69, 9.17) is 9.72 Å². The highest BCUT2D eigenvalue weighted by Gasteiger charge is 2.49. The first-order valence-corrected chi connectivity index (χ1v) is 9.01. The van der Waals surface area contributed by atoms with Crippen LogP contribution in [0.3, 0.4) is 0 Å². The third kappa shape index (κ3) is 3.33. The van der Waals surface area contributed by atoms with Gasteiger partial charge in [0.1, 0.15) is 5.01 Å². The predicted molar refractivity (Wildman–Crippen MR) is 90.0 cm³/mol. The van der Waals surface area contributed by atoms with Crippen molar-refractivity contribution in [1.29, 1.82) is 0 Å². The normalized spacial score (nSPS) is 25.4. The molecule has 0 bridgehead atoms. The van der Waals surface area contributed by atoms with E-state index < -0.39 is 0 Å². The molecule has 1 aromatic rings. The minimum atomic E-state index is 0.00157. The van der Waals surface area contributed by atoms with Crippen molar-refractivity contribution in [3.05, 3.63) is 16.1 Å². The Morgan fingerprint density at radius 2 is 2.05 bits per heavy atom. The summed E-state index contributed by atoms with van der Waals surface area (Å²) in [5.41, 5.74) is 1.46. The number of aromatic nitrogens is 1. The van der Waals surface area contributed by atoms with Gasteiger partial charge in [-0.15, -0.1) is 11.3 Å². The van der Waals surface area contributed by atoms with Crippen LogP contribution in [0.2, 0.25) is 0 Å². The standard InChI is InChI=1S/C17H30N2OS/c1-13(2)14-12-21-15(19-14)17(18-10-11-20-5)9-7-6-8-16(17,3)4/h12-13,18H,6-11H2,1-5H3. The van der Waals surface area contributed by atoms with Gasteiger partial charge in [-0.2, -0.15) is 0 Å². The smallest absolute Gasteiger partial charge is 0.114 e. The van der Waals surface area contributed by atoms with Crippen LogP contribution in [0.15, 0.2) is 5.38 Å². The average Bonchev–Trinajstić information content (AvgIpc) is 2.91. The maximum Gasteiger partial charge on any atom is 0.114 e.